The summed E-state index contributed by atoms with van der Waals surface area (Å²) >= 11 is 6.22. The predicted octanol–water partition coefficient (Wildman–Crippen LogP) is 4.10. The van der Waals surface area contributed by atoms with E-state index < -0.39 is 17.7 Å². The van der Waals surface area contributed by atoms with Gasteiger partial charge in [-0.25, -0.2) is 4.90 Å². The van der Waals surface area contributed by atoms with Crippen LogP contribution in [0.2, 0.25) is 0 Å². The van der Waals surface area contributed by atoms with Crippen LogP contribution in [0.25, 0.3) is 0 Å². The Bertz CT molecular complexity index is 1350. The van der Waals surface area contributed by atoms with Gasteiger partial charge < -0.3 is 25.2 Å². The fraction of sp³-hybridized carbons (Fsp3) is 0.0800. The average molecular weight is 494 g/mol. The van der Waals surface area contributed by atoms with E-state index in [9.17, 15) is 19.5 Å². The minimum atomic E-state index is -0.718. The van der Waals surface area contributed by atoms with E-state index in [1.165, 1.54) is 38.5 Å². The van der Waals surface area contributed by atoms with Crippen molar-refractivity contribution < 1.29 is 29.0 Å². The van der Waals surface area contributed by atoms with Crippen LogP contribution in [-0.4, -0.2) is 37.0 Å². The molecule has 1 heterocycles. The zero-order valence-electron chi connectivity index (χ0n) is 18.7. The van der Waals surface area contributed by atoms with E-state index >= 15 is 0 Å². The molecule has 0 saturated heterocycles. The summed E-state index contributed by atoms with van der Waals surface area (Å²) in [6.45, 7) is 0. The van der Waals surface area contributed by atoms with Gasteiger partial charge in [-0.05, 0) is 48.5 Å². The smallest absolute Gasteiger partial charge is 0.283 e. The summed E-state index contributed by atoms with van der Waals surface area (Å²) < 4.78 is 10.5. The fourth-order valence-corrected chi connectivity index (χ4v) is 3.64. The van der Waals surface area contributed by atoms with Crippen LogP contribution in [0, 0.1) is 0 Å². The minimum absolute atomic E-state index is 0.0534. The van der Waals surface area contributed by atoms with Gasteiger partial charge in [0.2, 0.25) is 0 Å². The Morgan fingerprint density at radius 1 is 0.943 bits per heavy atom. The highest BCUT2D eigenvalue weighted by Gasteiger charge is 2.40. The lowest BCUT2D eigenvalue weighted by molar-refractivity contribution is -0.120. The van der Waals surface area contributed by atoms with E-state index in [0.717, 1.165) is 4.90 Å². The Kier molecular flexibility index (Phi) is 6.61. The maximum Gasteiger partial charge on any atom is 0.283 e. The molecule has 0 bridgehead atoms. The molecule has 0 saturated carbocycles. The SMILES string of the molecule is COc1ccc(OC)c(N2C(=O)C(Cl)=C(Nc3ccc(C(=O)Nc4ccccc4O)cc3)C2=O)c1. The molecule has 1 aliphatic heterocycles. The van der Waals surface area contributed by atoms with Gasteiger partial charge in [0.1, 0.15) is 28.0 Å². The summed E-state index contributed by atoms with van der Waals surface area (Å²) in [6.07, 6.45) is 0. The van der Waals surface area contributed by atoms with E-state index in [4.69, 9.17) is 21.1 Å². The number of carbonyl (C=O) groups excluding carboxylic acids is 3. The molecule has 178 valence electrons. The summed E-state index contributed by atoms with van der Waals surface area (Å²) in [4.78, 5) is 39.3. The highest BCUT2D eigenvalue weighted by Crippen LogP contribution is 2.38. The number of para-hydroxylation sites is 2. The molecule has 4 rings (SSSR count). The van der Waals surface area contributed by atoms with Crippen molar-refractivity contribution in [2.45, 2.75) is 0 Å². The second-order valence-corrected chi connectivity index (χ2v) is 7.72. The number of benzene rings is 3. The Labute approximate surface area is 205 Å². The van der Waals surface area contributed by atoms with Crippen molar-refractivity contribution in [2.75, 3.05) is 29.8 Å². The lowest BCUT2D eigenvalue weighted by atomic mass is 10.1. The van der Waals surface area contributed by atoms with Crippen LogP contribution in [0.15, 0.2) is 77.5 Å². The maximum absolute atomic E-state index is 13.1. The van der Waals surface area contributed by atoms with Crippen molar-refractivity contribution in [2.24, 2.45) is 0 Å². The number of hydrogen-bond donors (Lipinski definition) is 3. The van der Waals surface area contributed by atoms with Crippen LogP contribution in [0.1, 0.15) is 10.4 Å². The van der Waals surface area contributed by atoms with Gasteiger partial charge >= 0.3 is 0 Å². The first kappa shape index (κ1) is 23.7. The molecule has 3 amide bonds. The van der Waals surface area contributed by atoms with Crippen LogP contribution in [0.3, 0.4) is 0 Å². The molecule has 0 fully saturated rings. The first-order valence-electron chi connectivity index (χ1n) is 10.3. The molecule has 0 atom stereocenters. The van der Waals surface area contributed by atoms with E-state index in [1.807, 2.05) is 0 Å². The molecule has 3 N–H and O–H groups in total. The Morgan fingerprint density at radius 2 is 1.66 bits per heavy atom. The number of aromatic hydroxyl groups is 1. The number of phenolic OH excluding ortho intramolecular Hbond substituents is 1. The van der Waals surface area contributed by atoms with E-state index in [0.29, 0.717) is 17.0 Å². The van der Waals surface area contributed by atoms with Crippen molar-refractivity contribution in [3.8, 4) is 17.2 Å². The van der Waals surface area contributed by atoms with Crippen LogP contribution in [0.5, 0.6) is 17.2 Å². The third kappa shape index (κ3) is 4.62. The van der Waals surface area contributed by atoms with E-state index in [2.05, 4.69) is 10.6 Å². The molecule has 0 aliphatic carbocycles. The number of phenols is 1. The van der Waals surface area contributed by atoms with Gasteiger partial charge in [0, 0.05) is 17.3 Å². The third-order valence-electron chi connectivity index (χ3n) is 5.22. The lowest BCUT2D eigenvalue weighted by Crippen LogP contribution is -2.32. The number of carbonyl (C=O) groups is 3. The number of anilines is 3. The normalized spacial score (nSPS) is 13.2. The van der Waals surface area contributed by atoms with Gasteiger partial charge in [0.25, 0.3) is 17.7 Å². The molecule has 10 heteroatoms. The van der Waals surface area contributed by atoms with Crippen molar-refractivity contribution in [3.63, 3.8) is 0 Å². The average Bonchev–Trinajstić information content (AvgIpc) is 3.08. The second-order valence-electron chi connectivity index (χ2n) is 7.35. The van der Waals surface area contributed by atoms with Crippen LogP contribution >= 0.6 is 11.6 Å². The first-order chi connectivity index (χ1) is 16.8. The van der Waals surface area contributed by atoms with Gasteiger partial charge in [-0.1, -0.05) is 23.7 Å². The fourth-order valence-electron chi connectivity index (χ4n) is 3.42. The number of halogens is 1. The number of amides is 3. The molecule has 3 aromatic carbocycles. The maximum atomic E-state index is 13.1. The molecule has 1 aliphatic rings. The van der Waals surface area contributed by atoms with Crippen molar-refractivity contribution >= 4 is 46.4 Å². The topological polar surface area (TPSA) is 117 Å². The molecule has 3 aromatic rings. The number of rotatable bonds is 7. The quantitative estimate of drug-likeness (QED) is 0.335. The number of imide groups is 1. The third-order valence-corrected chi connectivity index (χ3v) is 5.57. The zero-order chi connectivity index (χ0) is 25.1. The number of methoxy groups -OCH3 is 2. The van der Waals surface area contributed by atoms with Crippen molar-refractivity contribution in [1.29, 1.82) is 0 Å². The van der Waals surface area contributed by atoms with Crippen molar-refractivity contribution in [1.82, 2.24) is 0 Å². The van der Waals surface area contributed by atoms with Crippen molar-refractivity contribution in [3.05, 3.63) is 83.0 Å². The van der Waals surface area contributed by atoms with Gasteiger partial charge in [-0.15, -0.1) is 0 Å². The largest absolute Gasteiger partial charge is 0.506 e. The van der Waals surface area contributed by atoms with Crippen LogP contribution < -0.4 is 25.0 Å². The Hall–Kier alpha value is -4.50. The predicted molar refractivity (Wildman–Crippen MR) is 131 cm³/mol. The summed E-state index contributed by atoms with van der Waals surface area (Å²) in [6, 6.07) is 17.2. The molecule has 0 aromatic heterocycles. The first-order valence-corrected chi connectivity index (χ1v) is 10.7. The van der Waals surface area contributed by atoms with Gasteiger partial charge in [-0.3, -0.25) is 14.4 Å². The number of ether oxygens (including phenoxy) is 2. The molecular weight excluding hydrogens is 474 g/mol. The van der Waals surface area contributed by atoms with E-state index in [1.54, 1.807) is 42.5 Å². The van der Waals surface area contributed by atoms with Crippen LogP contribution in [-0.2, 0) is 9.59 Å². The van der Waals surface area contributed by atoms with Crippen LogP contribution in [0.4, 0.5) is 17.1 Å². The lowest BCUT2D eigenvalue weighted by Gasteiger charge is -2.19. The second kappa shape index (κ2) is 9.78. The minimum Gasteiger partial charge on any atom is -0.506 e. The molecule has 9 nitrogen and oxygen atoms in total. The molecule has 0 unspecified atom stereocenters. The van der Waals surface area contributed by atoms with E-state index in [-0.39, 0.29) is 33.6 Å². The monoisotopic (exact) mass is 493 g/mol. The number of nitrogens with one attached hydrogen (secondary N) is 2. The Balaban J connectivity index is 1.53. The molecule has 35 heavy (non-hydrogen) atoms. The zero-order valence-corrected chi connectivity index (χ0v) is 19.4. The molecule has 0 spiro atoms. The standard InChI is InChI=1S/C25H20ClN3O6/c1-34-16-11-12-20(35-2)18(13-16)29-24(32)21(26)22(25(29)33)27-15-9-7-14(8-10-15)23(31)28-17-5-3-4-6-19(17)30/h3-13,27,30H,1-2H3,(H,28,31). The summed E-state index contributed by atoms with van der Waals surface area (Å²) in [5, 5.41) is 15.0. The number of nitrogens with zero attached hydrogens (tertiary/aromatic N) is 1. The summed E-state index contributed by atoms with van der Waals surface area (Å²) in [5.41, 5.74) is 1.09. The summed E-state index contributed by atoms with van der Waals surface area (Å²) in [5.74, 6) is -1.16. The molecular formula is C25H20ClN3O6. The Morgan fingerprint density at radius 3 is 2.31 bits per heavy atom. The van der Waals surface area contributed by atoms with Gasteiger partial charge in [0.05, 0.1) is 25.6 Å². The number of hydrogen-bond acceptors (Lipinski definition) is 7. The van der Waals surface area contributed by atoms with Gasteiger partial charge in [0.15, 0.2) is 0 Å². The highest BCUT2D eigenvalue weighted by molar-refractivity contribution is 6.53. The highest BCUT2D eigenvalue weighted by atomic mass is 35.5. The van der Waals surface area contributed by atoms with Gasteiger partial charge in [-0.2, -0.15) is 0 Å². The summed E-state index contributed by atoms with van der Waals surface area (Å²) in [7, 11) is 2.88. The molecule has 0 radical (unpaired) electrons.